The fourth-order valence-electron chi connectivity index (χ4n) is 1.85. The molecule has 6 nitrogen and oxygen atoms in total. The van der Waals surface area contributed by atoms with Crippen molar-refractivity contribution in [2.75, 3.05) is 0 Å². The molecule has 0 aromatic carbocycles. The second kappa shape index (κ2) is 4.29. The zero-order chi connectivity index (χ0) is 12.6. The maximum absolute atomic E-state index is 11.8. The molecule has 2 N–H and O–H groups in total. The van der Waals surface area contributed by atoms with Gasteiger partial charge in [0.05, 0.1) is 6.04 Å². The van der Waals surface area contributed by atoms with Crippen molar-refractivity contribution in [1.29, 1.82) is 0 Å². The van der Waals surface area contributed by atoms with Gasteiger partial charge < -0.3 is 10.3 Å². The predicted octanol–water partition coefficient (Wildman–Crippen LogP) is 0.474. The van der Waals surface area contributed by atoms with Crippen molar-refractivity contribution < 1.29 is 0 Å². The summed E-state index contributed by atoms with van der Waals surface area (Å²) < 4.78 is 3.15. The molecule has 6 heteroatoms. The van der Waals surface area contributed by atoms with Gasteiger partial charge in [-0.15, -0.1) is 10.2 Å². The van der Waals surface area contributed by atoms with Gasteiger partial charge in [0.1, 0.15) is 0 Å². The Morgan fingerprint density at radius 1 is 1.35 bits per heavy atom. The van der Waals surface area contributed by atoms with E-state index in [1.54, 1.807) is 23.8 Å². The van der Waals surface area contributed by atoms with E-state index in [1.807, 2.05) is 0 Å². The summed E-state index contributed by atoms with van der Waals surface area (Å²) in [6.45, 7) is 4.20. The Balaban J connectivity index is 2.50. The van der Waals surface area contributed by atoms with Gasteiger partial charge in [0, 0.05) is 19.4 Å². The molecule has 0 aliphatic carbocycles. The summed E-state index contributed by atoms with van der Waals surface area (Å²) in [6.07, 6.45) is 4.27. The van der Waals surface area contributed by atoms with Gasteiger partial charge in [0.25, 0.3) is 5.56 Å². The van der Waals surface area contributed by atoms with Crippen LogP contribution in [0.4, 0.5) is 0 Å². The molecule has 1 atom stereocenters. The highest BCUT2D eigenvalue weighted by molar-refractivity contribution is 5.35. The third-order valence-electron chi connectivity index (χ3n) is 2.73. The predicted molar refractivity (Wildman–Crippen MR) is 64.6 cm³/mol. The fraction of sp³-hybridized carbons (Fsp3) is 0.545. The van der Waals surface area contributed by atoms with Gasteiger partial charge in [-0.05, 0) is 12.3 Å². The first-order chi connectivity index (χ1) is 8.00. The number of aromatic nitrogens is 4. The zero-order valence-electron chi connectivity index (χ0n) is 10.3. The number of nitrogens with zero attached hydrogens (tertiary/aromatic N) is 4. The molecule has 1 unspecified atom stereocenters. The lowest BCUT2D eigenvalue weighted by Gasteiger charge is -2.12. The second-order valence-electron chi connectivity index (χ2n) is 4.70. The average Bonchev–Trinajstić information content (AvgIpc) is 2.67. The average molecular weight is 235 g/mol. The molecule has 17 heavy (non-hydrogen) atoms. The molecule has 0 amide bonds. The van der Waals surface area contributed by atoms with E-state index < -0.39 is 0 Å². The fourth-order valence-corrected chi connectivity index (χ4v) is 1.85. The Labute approximate surface area is 99.1 Å². The molecular weight excluding hydrogens is 218 g/mol. The molecule has 0 fully saturated rings. The first kappa shape index (κ1) is 11.8. The third kappa shape index (κ3) is 2.08. The third-order valence-corrected chi connectivity index (χ3v) is 2.73. The summed E-state index contributed by atoms with van der Waals surface area (Å²) >= 11 is 0. The van der Waals surface area contributed by atoms with Crippen LogP contribution < -0.4 is 11.3 Å². The van der Waals surface area contributed by atoms with Gasteiger partial charge in [-0.2, -0.15) is 0 Å². The van der Waals surface area contributed by atoms with Crippen molar-refractivity contribution in [3.63, 3.8) is 0 Å². The van der Waals surface area contributed by atoms with Gasteiger partial charge >= 0.3 is 0 Å². The van der Waals surface area contributed by atoms with E-state index in [4.69, 9.17) is 5.73 Å². The van der Waals surface area contributed by atoms with Gasteiger partial charge in [-0.1, -0.05) is 13.8 Å². The minimum absolute atomic E-state index is 0.164. The second-order valence-corrected chi connectivity index (χ2v) is 4.70. The Kier molecular flexibility index (Phi) is 2.97. The van der Waals surface area contributed by atoms with E-state index >= 15 is 0 Å². The normalized spacial score (nSPS) is 13.5. The molecule has 0 radical (unpaired) electrons. The molecule has 2 aromatic rings. The molecular formula is C11H17N5O. The molecule has 0 bridgehead atoms. The van der Waals surface area contributed by atoms with E-state index in [-0.39, 0.29) is 11.6 Å². The molecule has 0 aliphatic rings. The van der Waals surface area contributed by atoms with E-state index in [0.717, 1.165) is 6.42 Å². The largest absolute Gasteiger partial charge is 0.321 e. The van der Waals surface area contributed by atoms with Gasteiger partial charge in [-0.25, -0.2) is 0 Å². The number of fused-ring (bicyclic) bond motifs is 1. The SMILES string of the molecule is CC(C)CC(N)c1nnc2c(=O)n(C)ccn12. The van der Waals surface area contributed by atoms with Gasteiger partial charge in [0.15, 0.2) is 5.82 Å². The molecule has 0 aliphatic heterocycles. The maximum atomic E-state index is 11.8. The summed E-state index contributed by atoms with van der Waals surface area (Å²) in [4.78, 5) is 11.8. The van der Waals surface area contributed by atoms with Crippen LogP contribution in [-0.4, -0.2) is 19.2 Å². The Hall–Kier alpha value is -1.69. The first-order valence-corrected chi connectivity index (χ1v) is 5.66. The molecule has 0 spiro atoms. The van der Waals surface area contributed by atoms with Crippen LogP contribution in [0, 0.1) is 5.92 Å². The molecule has 92 valence electrons. The number of hydrogen-bond acceptors (Lipinski definition) is 4. The minimum atomic E-state index is -0.197. The lowest BCUT2D eigenvalue weighted by molar-refractivity contribution is 0.490. The summed E-state index contributed by atoms with van der Waals surface area (Å²) in [7, 11) is 1.69. The summed E-state index contributed by atoms with van der Waals surface area (Å²) in [6, 6.07) is -0.197. The summed E-state index contributed by atoms with van der Waals surface area (Å²) in [5, 5.41) is 7.93. The molecule has 0 saturated heterocycles. The van der Waals surface area contributed by atoms with Crippen molar-refractivity contribution in [2.45, 2.75) is 26.3 Å². The van der Waals surface area contributed by atoms with Crippen LogP contribution in [0.15, 0.2) is 17.2 Å². The van der Waals surface area contributed by atoms with Crippen molar-refractivity contribution >= 4 is 5.65 Å². The summed E-state index contributed by atoms with van der Waals surface area (Å²) in [5.74, 6) is 1.12. The Morgan fingerprint density at radius 2 is 2.06 bits per heavy atom. The van der Waals surface area contributed by atoms with Gasteiger partial charge in [-0.3, -0.25) is 9.20 Å². The molecule has 2 aromatic heterocycles. The van der Waals surface area contributed by atoms with Crippen molar-refractivity contribution in [2.24, 2.45) is 18.7 Å². The van der Waals surface area contributed by atoms with Crippen LogP contribution in [0.25, 0.3) is 5.65 Å². The minimum Gasteiger partial charge on any atom is -0.321 e. The van der Waals surface area contributed by atoms with Crippen LogP contribution in [-0.2, 0) is 7.05 Å². The number of rotatable bonds is 3. The lowest BCUT2D eigenvalue weighted by Crippen LogP contribution is -2.21. The maximum Gasteiger partial charge on any atom is 0.295 e. The van der Waals surface area contributed by atoms with Crippen LogP contribution in [0.2, 0.25) is 0 Å². The smallest absolute Gasteiger partial charge is 0.295 e. The highest BCUT2D eigenvalue weighted by atomic mass is 16.1. The number of nitrogens with two attached hydrogens (primary N) is 1. The van der Waals surface area contributed by atoms with Gasteiger partial charge in [0.2, 0.25) is 5.65 Å². The number of hydrogen-bond donors (Lipinski definition) is 1. The topological polar surface area (TPSA) is 78.2 Å². The highest BCUT2D eigenvalue weighted by Gasteiger charge is 2.16. The van der Waals surface area contributed by atoms with E-state index in [9.17, 15) is 4.79 Å². The van der Waals surface area contributed by atoms with Crippen molar-refractivity contribution in [3.05, 3.63) is 28.6 Å². The van der Waals surface area contributed by atoms with Crippen molar-refractivity contribution in [3.8, 4) is 0 Å². The van der Waals surface area contributed by atoms with Crippen LogP contribution >= 0.6 is 0 Å². The van der Waals surface area contributed by atoms with Crippen LogP contribution in [0.3, 0.4) is 0 Å². The van der Waals surface area contributed by atoms with Crippen molar-refractivity contribution in [1.82, 2.24) is 19.2 Å². The van der Waals surface area contributed by atoms with E-state index in [1.165, 1.54) is 4.57 Å². The Morgan fingerprint density at radius 3 is 2.71 bits per heavy atom. The quantitative estimate of drug-likeness (QED) is 0.839. The van der Waals surface area contributed by atoms with Crippen LogP contribution in [0.5, 0.6) is 0 Å². The molecule has 2 rings (SSSR count). The van der Waals surface area contributed by atoms with E-state index in [2.05, 4.69) is 24.0 Å². The molecule has 2 heterocycles. The first-order valence-electron chi connectivity index (χ1n) is 5.66. The zero-order valence-corrected chi connectivity index (χ0v) is 10.3. The van der Waals surface area contributed by atoms with Crippen LogP contribution in [0.1, 0.15) is 32.1 Å². The standard InChI is InChI=1S/C11H17N5O/c1-7(2)6-8(12)9-13-14-10-11(17)15(3)4-5-16(9)10/h4-5,7-8H,6,12H2,1-3H3. The lowest BCUT2D eigenvalue weighted by atomic mass is 10.0. The molecule has 0 saturated carbocycles. The number of aryl methyl sites for hydroxylation is 1. The van der Waals surface area contributed by atoms with E-state index in [0.29, 0.717) is 17.4 Å². The summed E-state index contributed by atoms with van der Waals surface area (Å²) in [5.41, 5.74) is 6.22. The monoisotopic (exact) mass is 235 g/mol. The Bertz CT molecular complexity index is 583. The highest BCUT2D eigenvalue weighted by Crippen LogP contribution is 2.16.